The second-order valence-electron chi connectivity index (χ2n) is 37.4. The van der Waals surface area contributed by atoms with Crippen LogP contribution in [0.2, 0.25) is 0 Å². The Balaban J connectivity index is 0.000000111. The van der Waals surface area contributed by atoms with Crippen molar-refractivity contribution < 1.29 is 0 Å². The molecule has 28 aromatic rings. The van der Waals surface area contributed by atoms with E-state index >= 15 is 0 Å². The first-order chi connectivity index (χ1) is 71.9. The second-order valence-corrected chi connectivity index (χ2v) is 38.4. The van der Waals surface area contributed by atoms with Crippen LogP contribution < -0.4 is 9.80 Å². The van der Waals surface area contributed by atoms with E-state index in [2.05, 4.69) is 589 Å². The van der Waals surface area contributed by atoms with Crippen molar-refractivity contribution in [1.82, 2.24) is 9.13 Å². The van der Waals surface area contributed by atoms with E-state index in [0.717, 1.165) is 39.8 Å². The van der Waals surface area contributed by atoms with E-state index in [9.17, 15) is 0 Å². The van der Waals surface area contributed by atoms with Crippen molar-refractivity contribution in [2.45, 2.75) is 0 Å². The molecule has 25 aromatic carbocycles. The summed E-state index contributed by atoms with van der Waals surface area (Å²) in [6.07, 6.45) is 0. The Hall–Kier alpha value is -18.8. The highest BCUT2D eigenvalue weighted by atomic mass is 32.1. The van der Waals surface area contributed by atoms with Gasteiger partial charge in [-0.25, -0.2) is 0 Å². The molecule has 3 aromatic heterocycles. The predicted molar refractivity (Wildman–Crippen MR) is 621 cm³/mol. The average molecular weight is 1860 g/mol. The maximum Gasteiger partial charge on any atom is 0.0541 e. The Bertz CT molecular complexity index is 9460. The van der Waals surface area contributed by atoms with Crippen molar-refractivity contribution in [2.24, 2.45) is 0 Å². The second kappa shape index (κ2) is 37.8. The molecule has 28 rings (SSSR count). The van der Waals surface area contributed by atoms with Gasteiger partial charge < -0.3 is 18.9 Å². The van der Waals surface area contributed by atoms with Crippen LogP contribution in [0.1, 0.15) is 0 Å². The number of hydrogen-bond donors (Lipinski definition) is 0. The molecule has 5 heteroatoms. The monoisotopic (exact) mass is 1860 g/mol. The molecule has 0 unspecified atom stereocenters. The zero-order chi connectivity index (χ0) is 96.0. The van der Waals surface area contributed by atoms with Crippen molar-refractivity contribution >= 4 is 163 Å². The fourth-order valence-electron chi connectivity index (χ4n) is 21.7. The van der Waals surface area contributed by atoms with Crippen molar-refractivity contribution in [1.29, 1.82) is 0 Å². The van der Waals surface area contributed by atoms with Gasteiger partial charge in [0, 0.05) is 87.2 Å². The maximum atomic E-state index is 2.41. The number of aromatic nitrogens is 2. The van der Waals surface area contributed by atoms with Crippen LogP contribution in [-0.2, 0) is 0 Å². The van der Waals surface area contributed by atoms with Crippen molar-refractivity contribution in [2.75, 3.05) is 9.80 Å². The molecule has 0 N–H and O–H groups in total. The first kappa shape index (κ1) is 86.5. The number of anilines is 6. The van der Waals surface area contributed by atoms with Gasteiger partial charge in [0.15, 0.2) is 0 Å². The molecule has 0 aliphatic carbocycles. The smallest absolute Gasteiger partial charge is 0.0541 e. The lowest BCUT2D eigenvalue weighted by atomic mass is 9.92. The Kier molecular flexibility index (Phi) is 22.5. The van der Waals surface area contributed by atoms with E-state index in [1.54, 1.807) is 0 Å². The van der Waals surface area contributed by atoms with Gasteiger partial charge in [-0.1, -0.05) is 406 Å². The minimum absolute atomic E-state index is 1.11. The molecule has 0 aliphatic rings. The lowest BCUT2D eigenvalue weighted by molar-refractivity contribution is 1.18. The Morgan fingerprint density at radius 1 is 0.124 bits per heavy atom. The number of thiophene rings is 1. The largest absolute Gasteiger partial charge is 0.311 e. The lowest BCUT2D eigenvalue weighted by Crippen LogP contribution is -2.09. The van der Waals surface area contributed by atoms with Gasteiger partial charge in [-0.3, -0.25) is 0 Å². The van der Waals surface area contributed by atoms with Gasteiger partial charge in [0.1, 0.15) is 0 Å². The van der Waals surface area contributed by atoms with E-state index in [4.69, 9.17) is 0 Å². The summed E-state index contributed by atoms with van der Waals surface area (Å²) < 4.78 is 7.45. The van der Waals surface area contributed by atoms with E-state index in [0.29, 0.717) is 0 Å². The number of benzene rings is 25. The third-order valence-electron chi connectivity index (χ3n) is 28.9. The molecular weight excluding hydrogens is 1770 g/mol. The summed E-state index contributed by atoms with van der Waals surface area (Å²) in [5.74, 6) is 0. The Morgan fingerprint density at radius 3 is 0.772 bits per heavy atom. The van der Waals surface area contributed by atoms with Crippen LogP contribution >= 0.6 is 11.3 Å². The third kappa shape index (κ3) is 16.5. The van der Waals surface area contributed by atoms with Gasteiger partial charge in [0.25, 0.3) is 0 Å². The molecule has 145 heavy (non-hydrogen) atoms. The van der Waals surface area contributed by atoms with Crippen LogP contribution in [0.4, 0.5) is 34.1 Å². The Morgan fingerprint density at radius 2 is 0.359 bits per heavy atom. The predicted octanol–water partition coefficient (Wildman–Crippen LogP) is 39.7. The summed E-state index contributed by atoms with van der Waals surface area (Å²) in [6.45, 7) is 0. The zero-order valence-corrected chi connectivity index (χ0v) is 80.3. The van der Waals surface area contributed by atoms with Crippen molar-refractivity contribution in [3.8, 4) is 100 Å². The van der Waals surface area contributed by atoms with Gasteiger partial charge >= 0.3 is 0 Å². The first-order valence-corrected chi connectivity index (χ1v) is 50.5. The van der Waals surface area contributed by atoms with Crippen LogP contribution in [0.15, 0.2) is 570 Å². The van der Waals surface area contributed by atoms with Gasteiger partial charge in [0.05, 0.1) is 22.1 Å². The molecule has 4 nitrogen and oxygen atoms in total. The number of fused-ring (bicyclic) bond motifs is 18. The third-order valence-corrected chi connectivity index (χ3v) is 30.0. The van der Waals surface area contributed by atoms with Crippen LogP contribution in [0.5, 0.6) is 0 Å². The summed E-state index contributed by atoms with van der Waals surface area (Å²) >= 11 is 1.86. The highest BCUT2D eigenvalue weighted by molar-refractivity contribution is 7.25. The minimum Gasteiger partial charge on any atom is -0.311 e. The highest BCUT2D eigenvalue weighted by Crippen LogP contribution is 2.47. The number of rotatable bonds is 16. The van der Waals surface area contributed by atoms with Crippen LogP contribution in [0.25, 0.3) is 218 Å². The maximum absolute atomic E-state index is 2.41. The van der Waals surface area contributed by atoms with Gasteiger partial charge in [-0.15, -0.1) is 11.3 Å². The topological polar surface area (TPSA) is 16.3 Å². The van der Waals surface area contributed by atoms with Crippen LogP contribution in [-0.4, -0.2) is 9.13 Å². The molecule has 0 fully saturated rings. The van der Waals surface area contributed by atoms with E-state index in [-0.39, 0.29) is 0 Å². The van der Waals surface area contributed by atoms with Gasteiger partial charge in [0.2, 0.25) is 0 Å². The van der Waals surface area contributed by atoms with Crippen molar-refractivity contribution in [3.63, 3.8) is 0 Å². The number of nitrogens with zero attached hydrogens (tertiary/aromatic N) is 4. The molecule has 0 radical (unpaired) electrons. The van der Waals surface area contributed by atoms with E-state index in [1.807, 2.05) is 11.3 Å². The minimum atomic E-state index is 1.11. The molecule has 0 atom stereocenters. The lowest BCUT2D eigenvalue weighted by Gasteiger charge is -2.26. The summed E-state index contributed by atoms with van der Waals surface area (Å²) in [5, 5.41) is 20.6. The fraction of sp³-hybridized carbons (Fsp3) is 0. The van der Waals surface area contributed by atoms with Crippen LogP contribution in [0, 0.1) is 0 Å². The molecular formula is C140H94N4S. The number of hydrogen-bond acceptors (Lipinski definition) is 3. The highest BCUT2D eigenvalue weighted by Gasteiger charge is 2.22. The standard InChI is InChI=1S/C48H30N2S.C48H33N.C44H31N/c1-2-10-35(11-3-1)49-43-15-7-4-12-37(43)40-28-33(20-25-45(40)49)34-21-26-46-41(29-34)38-13-5-8-16-44(38)50(46)36-23-18-31(19-24-36)32-22-27-48-42(30-32)39-14-6-9-17-47(39)51-48;1-3-11-34(12-4-1)36-19-26-40(27-20-36)49(41-28-21-37(22-29-41)35-13-5-2-6-14-35)42-30-23-38(24-31-42)39-25-32-47-45-17-8-7-15-43(45)44-16-9-10-18-46(44)48(47)33-39;1-3-9-32(10-4-1)34-19-25-40(26-20-34)45(41-27-21-35(22-28-41)33-11-5-2-6-12-33)42-29-23-36(24-30-42)39-18-17-38-16-15-37-13-7-8-14-43(37)44(38)31-39/h1-30H;1-33H;1-31H. The molecule has 0 saturated heterocycles. The van der Waals surface area contributed by atoms with E-state index < -0.39 is 0 Å². The quantitative estimate of drug-likeness (QED) is 0.0897. The average Bonchev–Trinajstić information content (AvgIpc) is 0.777. The van der Waals surface area contributed by atoms with E-state index in [1.165, 1.54) is 212 Å². The number of para-hydroxylation sites is 3. The molecule has 680 valence electrons. The molecule has 3 heterocycles. The summed E-state index contributed by atoms with van der Waals surface area (Å²) in [5.41, 5.74) is 33.3. The van der Waals surface area contributed by atoms with Gasteiger partial charge in [-0.2, -0.15) is 0 Å². The van der Waals surface area contributed by atoms with Gasteiger partial charge in [-0.05, 0) is 307 Å². The molecule has 0 amide bonds. The first-order valence-electron chi connectivity index (χ1n) is 49.7. The Labute approximate surface area is 846 Å². The fourth-order valence-corrected chi connectivity index (χ4v) is 22.7. The normalized spacial score (nSPS) is 11.4. The SMILES string of the molecule is c1ccc(-c2ccc(N(c3ccc(-c4ccccc4)cc3)c3ccc(-c4ccc5c6ccccc6c6ccccc6c5c4)cc3)cc2)cc1.c1ccc(-c2ccc(N(c3ccc(-c4ccccc4)cc3)c3ccc(-c4ccc5ccc6ccccc6c5c4)cc3)cc2)cc1.c1ccc(-n2c3ccccc3c3cc(-c4ccc5c(c4)c4ccccc4n5-c4ccc(-c5ccc6sc7ccccc7c6c5)cc4)ccc32)cc1. The molecule has 0 bridgehead atoms. The zero-order valence-electron chi connectivity index (χ0n) is 79.5. The summed E-state index contributed by atoms with van der Waals surface area (Å²) in [6, 6.07) is 207. The molecule has 0 saturated carbocycles. The summed E-state index contributed by atoms with van der Waals surface area (Å²) in [4.78, 5) is 4.68. The molecule has 0 aliphatic heterocycles. The van der Waals surface area contributed by atoms with Crippen molar-refractivity contribution in [3.05, 3.63) is 570 Å². The van der Waals surface area contributed by atoms with Crippen LogP contribution in [0.3, 0.4) is 0 Å². The molecule has 0 spiro atoms. The summed E-state index contributed by atoms with van der Waals surface area (Å²) in [7, 11) is 0.